The normalized spacial score (nSPS) is 20.2. The van der Waals surface area contributed by atoms with Gasteiger partial charge in [-0.05, 0) is 52.2 Å². The van der Waals surface area contributed by atoms with E-state index < -0.39 is 5.97 Å². The van der Waals surface area contributed by atoms with Crippen LogP contribution in [0.3, 0.4) is 0 Å². The molecule has 0 radical (unpaired) electrons. The van der Waals surface area contributed by atoms with E-state index in [9.17, 15) is 9.90 Å². The average Bonchev–Trinajstić information content (AvgIpc) is 3.30. The SMILES string of the molecule is Cc1ccc(-c2cc(N3CCN(c4ncc(C(=O)O)cc4C)CC3C)nc(N3CCCC3C)n2)cc1. The molecular formula is C28H34N6O2. The van der Waals surface area contributed by atoms with Gasteiger partial charge in [0.1, 0.15) is 11.6 Å². The molecule has 36 heavy (non-hydrogen) atoms. The molecule has 5 rings (SSSR count). The zero-order valence-electron chi connectivity index (χ0n) is 21.5. The van der Waals surface area contributed by atoms with Crippen molar-refractivity contribution in [3.05, 3.63) is 59.3 Å². The molecule has 8 nitrogen and oxygen atoms in total. The van der Waals surface area contributed by atoms with Crippen molar-refractivity contribution in [2.75, 3.05) is 40.9 Å². The van der Waals surface area contributed by atoms with E-state index in [2.05, 4.69) is 70.8 Å². The third kappa shape index (κ3) is 4.72. The molecule has 2 aliphatic heterocycles. The molecule has 0 aliphatic carbocycles. The Balaban J connectivity index is 1.44. The van der Waals surface area contributed by atoms with Crippen molar-refractivity contribution >= 4 is 23.6 Å². The molecular weight excluding hydrogens is 452 g/mol. The first-order valence-corrected chi connectivity index (χ1v) is 12.7. The highest BCUT2D eigenvalue weighted by Crippen LogP contribution is 2.31. The van der Waals surface area contributed by atoms with E-state index in [4.69, 9.17) is 9.97 Å². The second kappa shape index (κ2) is 9.76. The van der Waals surface area contributed by atoms with Crippen molar-refractivity contribution in [3.63, 3.8) is 0 Å². The van der Waals surface area contributed by atoms with Gasteiger partial charge in [0, 0.05) is 56.1 Å². The summed E-state index contributed by atoms with van der Waals surface area (Å²) >= 11 is 0. The van der Waals surface area contributed by atoms with Crippen LogP contribution >= 0.6 is 0 Å². The molecule has 0 bridgehead atoms. The molecule has 2 unspecified atom stereocenters. The molecule has 2 saturated heterocycles. The van der Waals surface area contributed by atoms with Crippen LogP contribution in [0, 0.1) is 13.8 Å². The van der Waals surface area contributed by atoms with E-state index in [-0.39, 0.29) is 11.6 Å². The number of pyridine rings is 1. The lowest BCUT2D eigenvalue weighted by Gasteiger charge is -2.41. The number of nitrogens with zero attached hydrogens (tertiary/aromatic N) is 6. The van der Waals surface area contributed by atoms with Gasteiger partial charge in [-0.2, -0.15) is 4.98 Å². The van der Waals surface area contributed by atoms with Gasteiger partial charge < -0.3 is 19.8 Å². The maximum atomic E-state index is 11.3. The lowest BCUT2D eigenvalue weighted by molar-refractivity contribution is 0.0696. The summed E-state index contributed by atoms with van der Waals surface area (Å²) in [6.07, 6.45) is 3.77. The van der Waals surface area contributed by atoms with E-state index in [0.29, 0.717) is 6.04 Å². The Morgan fingerprint density at radius 3 is 2.39 bits per heavy atom. The molecule has 188 valence electrons. The molecule has 0 saturated carbocycles. The van der Waals surface area contributed by atoms with Crippen LogP contribution in [0.25, 0.3) is 11.3 Å². The number of aromatic nitrogens is 3. The quantitative estimate of drug-likeness (QED) is 0.562. The summed E-state index contributed by atoms with van der Waals surface area (Å²) in [6, 6.07) is 13.0. The maximum Gasteiger partial charge on any atom is 0.337 e. The van der Waals surface area contributed by atoms with E-state index in [0.717, 1.165) is 73.4 Å². The van der Waals surface area contributed by atoms with E-state index in [1.54, 1.807) is 6.07 Å². The average molecular weight is 487 g/mol. The van der Waals surface area contributed by atoms with Gasteiger partial charge in [0.2, 0.25) is 5.95 Å². The van der Waals surface area contributed by atoms with Crippen molar-refractivity contribution in [1.29, 1.82) is 0 Å². The first-order chi connectivity index (χ1) is 17.3. The Bertz CT molecular complexity index is 1260. The number of benzene rings is 1. The number of aromatic carboxylic acids is 1. The molecule has 2 fully saturated rings. The van der Waals surface area contributed by atoms with Crippen molar-refractivity contribution < 1.29 is 9.90 Å². The number of carbonyl (C=O) groups is 1. The number of carboxylic acids is 1. The fourth-order valence-corrected chi connectivity index (χ4v) is 5.31. The van der Waals surface area contributed by atoms with E-state index >= 15 is 0 Å². The molecule has 4 heterocycles. The molecule has 0 spiro atoms. The van der Waals surface area contributed by atoms with Gasteiger partial charge in [0.05, 0.1) is 11.3 Å². The summed E-state index contributed by atoms with van der Waals surface area (Å²) in [5.41, 5.74) is 4.37. The Morgan fingerprint density at radius 2 is 1.75 bits per heavy atom. The summed E-state index contributed by atoms with van der Waals surface area (Å²) in [5, 5.41) is 9.27. The van der Waals surface area contributed by atoms with Gasteiger partial charge in [0.15, 0.2) is 0 Å². The van der Waals surface area contributed by atoms with Gasteiger partial charge in [0.25, 0.3) is 0 Å². The molecule has 2 aliphatic rings. The molecule has 8 heteroatoms. The van der Waals surface area contributed by atoms with Crippen molar-refractivity contribution in [3.8, 4) is 11.3 Å². The Labute approximate surface area is 212 Å². The number of carboxylic acid groups (broad SMARTS) is 1. The fraction of sp³-hybridized carbons (Fsp3) is 0.429. The van der Waals surface area contributed by atoms with Gasteiger partial charge in [-0.3, -0.25) is 0 Å². The second-order valence-corrected chi connectivity index (χ2v) is 10.1. The topological polar surface area (TPSA) is 85.7 Å². The fourth-order valence-electron chi connectivity index (χ4n) is 5.31. The number of aryl methyl sites for hydroxylation is 2. The minimum atomic E-state index is -0.952. The summed E-state index contributed by atoms with van der Waals surface area (Å²) in [5.74, 6) is 1.66. The monoisotopic (exact) mass is 486 g/mol. The van der Waals surface area contributed by atoms with Crippen LogP contribution in [0.4, 0.5) is 17.6 Å². The molecule has 1 aromatic carbocycles. The number of hydrogen-bond donors (Lipinski definition) is 1. The first-order valence-electron chi connectivity index (χ1n) is 12.7. The standard InChI is InChI=1S/C28H34N6O2/c1-18-7-9-22(10-8-18)24-15-25(31-28(30-24)34-11-5-6-20(34)3)33-13-12-32(17-21(33)4)26-19(2)14-23(16-29-26)27(35)36/h7-10,14-16,20-21H,5-6,11-13,17H2,1-4H3,(H,35,36). The molecule has 0 amide bonds. The van der Waals surface area contributed by atoms with Crippen molar-refractivity contribution in [2.45, 2.75) is 52.6 Å². The Kier molecular flexibility index (Phi) is 6.51. The minimum Gasteiger partial charge on any atom is -0.478 e. The Hall–Kier alpha value is -3.68. The van der Waals surface area contributed by atoms with Crippen molar-refractivity contribution in [1.82, 2.24) is 15.0 Å². The predicted molar refractivity (Wildman–Crippen MR) is 143 cm³/mol. The van der Waals surface area contributed by atoms with Crippen molar-refractivity contribution in [2.24, 2.45) is 0 Å². The summed E-state index contributed by atoms with van der Waals surface area (Å²) < 4.78 is 0. The highest BCUT2D eigenvalue weighted by Gasteiger charge is 2.29. The van der Waals surface area contributed by atoms with Crippen LogP contribution in [0.2, 0.25) is 0 Å². The van der Waals surface area contributed by atoms with Crippen LogP contribution in [-0.4, -0.2) is 64.3 Å². The maximum absolute atomic E-state index is 11.3. The number of rotatable bonds is 5. The summed E-state index contributed by atoms with van der Waals surface area (Å²) in [7, 11) is 0. The molecule has 2 aromatic heterocycles. The first kappa shape index (κ1) is 24.0. The molecule has 3 aromatic rings. The van der Waals surface area contributed by atoms with Crippen LogP contribution in [0.15, 0.2) is 42.6 Å². The number of hydrogen-bond acceptors (Lipinski definition) is 7. The minimum absolute atomic E-state index is 0.198. The number of anilines is 3. The van der Waals surface area contributed by atoms with Gasteiger partial charge in [-0.15, -0.1) is 0 Å². The lowest BCUT2D eigenvalue weighted by atomic mass is 10.1. The molecule has 2 atom stereocenters. The van der Waals surface area contributed by atoms with Gasteiger partial charge in [-0.25, -0.2) is 14.8 Å². The van der Waals surface area contributed by atoms with Crippen LogP contribution in [-0.2, 0) is 0 Å². The third-order valence-corrected chi connectivity index (χ3v) is 7.38. The Morgan fingerprint density at radius 1 is 0.972 bits per heavy atom. The molecule has 1 N–H and O–H groups in total. The zero-order valence-corrected chi connectivity index (χ0v) is 21.5. The lowest BCUT2D eigenvalue weighted by Crippen LogP contribution is -2.53. The van der Waals surface area contributed by atoms with Crippen LogP contribution < -0.4 is 14.7 Å². The van der Waals surface area contributed by atoms with E-state index in [1.807, 2.05) is 6.92 Å². The van der Waals surface area contributed by atoms with E-state index in [1.165, 1.54) is 11.8 Å². The van der Waals surface area contributed by atoms with Crippen LogP contribution in [0.1, 0.15) is 48.2 Å². The van der Waals surface area contributed by atoms with Crippen LogP contribution in [0.5, 0.6) is 0 Å². The smallest absolute Gasteiger partial charge is 0.337 e. The highest BCUT2D eigenvalue weighted by atomic mass is 16.4. The summed E-state index contributed by atoms with van der Waals surface area (Å²) in [4.78, 5) is 32.8. The van der Waals surface area contributed by atoms with Gasteiger partial charge in [-0.1, -0.05) is 29.8 Å². The highest BCUT2D eigenvalue weighted by molar-refractivity contribution is 5.87. The van der Waals surface area contributed by atoms with Gasteiger partial charge >= 0.3 is 5.97 Å². The largest absolute Gasteiger partial charge is 0.478 e. The second-order valence-electron chi connectivity index (χ2n) is 10.1. The number of piperazine rings is 1. The zero-order chi connectivity index (χ0) is 25.4. The summed E-state index contributed by atoms with van der Waals surface area (Å²) in [6.45, 7) is 11.8. The predicted octanol–water partition coefficient (Wildman–Crippen LogP) is 4.56. The third-order valence-electron chi connectivity index (χ3n) is 7.38.